The molecule has 0 spiro atoms. The Kier molecular flexibility index (Phi) is 17.7. The molecule has 0 aliphatic heterocycles. The van der Waals surface area contributed by atoms with Crippen molar-refractivity contribution in [1.29, 1.82) is 0 Å². The molecule has 1 aliphatic carbocycles. The van der Waals surface area contributed by atoms with Crippen molar-refractivity contribution in [2.45, 2.75) is 149 Å². The molecule has 0 fully saturated rings. The summed E-state index contributed by atoms with van der Waals surface area (Å²) in [5.41, 5.74) is 0. The van der Waals surface area contributed by atoms with E-state index in [-0.39, 0.29) is 0 Å². The Hall–Kier alpha value is 1.56. The molecule has 0 saturated carbocycles. The third-order valence-electron chi connectivity index (χ3n) is 8.33. The van der Waals surface area contributed by atoms with Gasteiger partial charge in [0.25, 0.3) is 0 Å². The summed E-state index contributed by atoms with van der Waals surface area (Å²) in [7, 11) is 0. The van der Waals surface area contributed by atoms with Crippen molar-refractivity contribution in [3.8, 4) is 0 Å². The van der Waals surface area contributed by atoms with Gasteiger partial charge in [0, 0.05) is 0 Å². The minimum absolute atomic E-state index is 0.866. The molecule has 1 rings (SSSR count). The van der Waals surface area contributed by atoms with Gasteiger partial charge in [0.15, 0.2) is 0 Å². The van der Waals surface area contributed by atoms with Gasteiger partial charge >= 0.3 is 222 Å². The van der Waals surface area contributed by atoms with Crippen molar-refractivity contribution in [2.75, 3.05) is 0 Å². The van der Waals surface area contributed by atoms with Crippen LogP contribution in [0.3, 0.4) is 0 Å². The molecule has 0 aromatic rings. The van der Waals surface area contributed by atoms with Gasteiger partial charge in [0.2, 0.25) is 0 Å². The van der Waals surface area contributed by atoms with E-state index in [1.807, 2.05) is 3.59 Å². The van der Waals surface area contributed by atoms with Gasteiger partial charge in [-0.15, -0.1) is 0 Å². The summed E-state index contributed by atoms with van der Waals surface area (Å²) < 4.78 is 14.3. The molecule has 0 N–H and O–H groups in total. The van der Waals surface area contributed by atoms with Gasteiger partial charge in [0.1, 0.15) is 0 Å². The van der Waals surface area contributed by atoms with Crippen LogP contribution in [0.25, 0.3) is 0 Å². The third-order valence-corrected chi connectivity index (χ3v) is 43.9. The zero-order valence-electron chi connectivity index (χ0n) is 22.8. The van der Waals surface area contributed by atoms with Crippen LogP contribution in [0.1, 0.15) is 119 Å². The second kappa shape index (κ2) is 17.9. The molecule has 0 aromatic heterocycles. The van der Waals surface area contributed by atoms with Crippen LogP contribution >= 0.6 is 15.9 Å². The van der Waals surface area contributed by atoms with Crippen LogP contribution in [0.2, 0.25) is 30.6 Å². The third kappa shape index (κ3) is 9.21. The van der Waals surface area contributed by atoms with E-state index in [1.165, 1.54) is 77.0 Å². The Morgan fingerprint density at radius 1 is 0.594 bits per heavy atom. The van der Waals surface area contributed by atoms with Crippen LogP contribution in [0.15, 0.2) is 20.2 Å². The van der Waals surface area contributed by atoms with Crippen LogP contribution in [-0.4, -0.2) is 36.8 Å². The second-order valence-corrected chi connectivity index (χ2v) is 38.7. The SMILES string of the molecule is CCC[CH2][Sn]([CH2]CCC)([CH2]CCC)[C]1=C(Br)[CH]([Sn]([CH2]CCC)([CH2]CCC)[CH2]CCC)C=C1. The van der Waals surface area contributed by atoms with Gasteiger partial charge < -0.3 is 0 Å². The Morgan fingerprint density at radius 2 is 0.938 bits per heavy atom. The average molecular weight is 723 g/mol. The van der Waals surface area contributed by atoms with Crippen molar-refractivity contribution in [3.63, 3.8) is 0 Å². The van der Waals surface area contributed by atoms with Gasteiger partial charge in [-0.3, -0.25) is 0 Å². The zero-order valence-corrected chi connectivity index (χ0v) is 30.1. The van der Waals surface area contributed by atoms with Crippen LogP contribution in [0, 0.1) is 0 Å². The first kappa shape index (κ1) is 31.6. The monoisotopic (exact) mass is 724 g/mol. The van der Waals surface area contributed by atoms with E-state index in [0.717, 1.165) is 3.93 Å². The molecule has 1 atom stereocenters. The summed E-state index contributed by atoms with van der Waals surface area (Å²) in [5.74, 6) is 0. The predicted molar refractivity (Wildman–Crippen MR) is 159 cm³/mol. The van der Waals surface area contributed by atoms with Gasteiger partial charge in [-0.2, -0.15) is 0 Å². The maximum atomic E-state index is 4.42. The summed E-state index contributed by atoms with van der Waals surface area (Å²) in [6.07, 6.45) is 22.7. The predicted octanol–water partition coefficient (Wildman–Crippen LogP) is 11.8. The van der Waals surface area contributed by atoms with E-state index in [9.17, 15) is 0 Å². The van der Waals surface area contributed by atoms with Crippen molar-refractivity contribution in [3.05, 3.63) is 20.2 Å². The fraction of sp³-hybridized carbons (Fsp3) is 0.862. The maximum absolute atomic E-state index is 4.42. The quantitative estimate of drug-likeness (QED) is 0.110. The summed E-state index contributed by atoms with van der Waals surface area (Å²) in [5, 5.41) is 0. The fourth-order valence-corrected chi connectivity index (χ4v) is 47.4. The normalized spacial score (nSPS) is 17.0. The summed E-state index contributed by atoms with van der Waals surface area (Å²) in [4.78, 5) is 0. The van der Waals surface area contributed by atoms with E-state index in [1.54, 1.807) is 31.1 Å². The Labute approximate surface area is 220 Å². The number of allylic oxidation sites excluding steroid dienone is 4. The van der Waals surface area contributed by atoms with Crippen molar-refractivity contribution < 1.29 is 0 Å². The molecule has 0 bridgehead atoms. The van der Waals surface area contributed by atoms with Crippen LogP contribution in [0.4, 0.5) is 0 Å². The van der Waals surface area contributed by atoms with Crippen molar-refractivity contribution in [1.82, 2.24) is 0 Å². The number of halogens is 1. The van der Waals surface area contributed by atoms with Crippen LogP contribution in [0.5, 0.6) is 0 Å². The zero-order chi connectivity index (χ0) is 23.9. The van der Waals surface area contributed by atoms with Gasteiger partial charge in [0.05, 0.1) is 0 Å². The van der Waals surface area contributed by atoms with E-state index in [0.29, 0.717) is 0 Å². The van der Waals surface area contributed by atoms with E-state index < -0.39 is 36.8 Å². The van der Waals surface area contributed by atoms with E-state index >= 15 is 0 Å². The Bertz CT molecular complexity index is 508. The number of hydrogen-bond donors (Lipinski definition) is 0. The minimum atomic E-state index is -2.37. The first-order valence-corrected chi connectivity index (χ1v) is 30.6. The molecule has 1 unspecified atom stereocenters. The molecule has 0 amide bonds. The van der Waals surface area contributed by atoms with E-state index in [2.05, 4.69) is 69.6 Å². The average Bonchev–Trinajstić information content (AvgIpc) is 3.21. The number of unbranched alkanes of at least 4 members (excludes halogenated alkanes) is 6. The van der Waals surface area contributed by atoms with Crippen molar-refractivity contribution >= 4 is 52.7 Å². The molecule has 0 saturated heterocycles. The summed E-state index contributed by atoms with van der Waals surface area (Å²) in [6, 6.07) is 0. The molecule has 3 heteroatoms. The Balaban J connectivity index is 3.44. The number of rotatable bonds is 20. The molecule has 1 aliphatic rings. The summed E-state index contributed by atoms with van der Waals surface area (Å²) in [6.45, 7) is 14.5. The molecular weight excluding hydrogens is 666 g/mol. The second-order valence-electron chi connectivity index (χ2n) is 10.9. The molecule has 188 valence electrons. The Morgan fingerprint density at radius 3 is 1.28 bits per heavy atom. The van der Waals surface area contributed by atoms with Crippen molar-refractivity contribution in [2.24, 2.45) is 0 Å². The molecular formula is C29H57BrSn2. The first-order valence-electron chi connectivity index (χ1n) is 14.6. The van der Waals surface area contributed by atoms with Gasteiger partial charge in [-0.25, -0.2) is 0 Å². The topological polar surface area (TPSA) is 0 Å². The fourth-order valence-electron chi connectivity index (χ4n) is 6.18. The van der Waals surface area contributed by atoms with E-state index in [4.69, 9.17) is 0 Å². The number of hydrogen-bond acceptors (Lipinski definition) is 0. The molecule has 0 aromatic carbocycles. The first-order chi connectivity index (χ1) is 15.5. The molecule has 0 nitrogen and oxygen atoms in total. The molecule has 0 heterocycles. The van der Waals surface area contributed by atoms with Crippen LogP contribution < -0.4 is 0 Å². The summed E-state index contributed by atoms with van der Waals surface area (Å²) >= 11 is -0.256. The standard InChI is InChI=1S/C5H3Br.6C4H9.2Sn/c6-5-3-1-2-4-5;6*1-3-4-2;;/h1-3H;6*1,3-4H2,2H3;;. The van der Waals surface area contributed by atoms with Gasteiger partial charge in [-0.05, 0) is 0 Å². The van der Waals surface area contributed by atoms with Gasteiger partial charge in [-0.1, -0.05) is 0 Å². The molecule has 0 radical (unpaired) electrons. The molecule has 32 heavy (non-hydrogen) atoms. The van der Waals surface area contributed by atoms with Crippen LogP contribution in [-0.2, 0) is 0 Å².